The number of nitrogens with one attached hydrogen (secondary N) is 1. The fourth-order valence-corrected chi connectivity index (χ4v) is 3.88. The van der Waals surface area contributed by atoms with E-state index in [1.54, 1.807) is 32.4 Å². The van der Waals surface area contributed by atoms with Gasteiger partial charge in [0.25, 0.3) is 5.91 Å². The van der Waals surface area contributed by atoms with Crippen LogP contribution in [0.15, 0.2) is 18.2 Å². The normalized spacial score (nSPS) is 15.4. The number of benzene rings is 1. The van der Waals surface area contributed by atoms with Crippen molar-refractivity contribution >= 4 is 17.7 Å². The van der Waals surface area contributed by atoms with Gasteiger partial charge in [-0.25, -0.2) is 0 Å². The van der Waals surface area contributed by atoms with Gasteiger partial charge in [-0.1, -0.05) is 19.3 Å². The SMILES string of the molecule is COc1cc(OC)cc(C(=O)NCCSC2CCCCC2)c1. The van der Waals surface area contributed by atoms with Crippen LogP contribution < -0.4 is 14.8 Å². The van der Waals surface area contributed by atoms with Crippen molar-refractivity contribution in [1.82, 2.24) is 5.32 Å². The molecule has 0 saturated heterocycles. The molecule has 1 amide bonds. The van der Waals surface area contributed by atoms with Crippen molar-refractivity contribution in [3.63, 3.8) is 0 Å². The first kappa shape index (κ1) is 17.0. The van der Waals surface area contributed by atoms with E-state index in [1.165, 1.54) is 32.1 Å². The maximum atomic E-state index is 12.2. The lowest BCUT2D eigenvalue weighted by molar-refractivity contribution is 0.0955. The number of carbonyl (C=O) groups is 1. The third-order valence-electron chi connectivity index (χ3n) is 3.91. The predicted octanol–water partition coefficient (Wildman–Crippen LogP) is 3.50. The molecule has 1 aromatic rings. The lowest BCUT2D eigenvalue weighted by Gasteiger charge is -2.20. The summed E-state index contributed by atoms with van der Waals surface area (Å²) in [6.07, 6.45) is 6.74. The molecule has 1 fully saturated rings. The maximum absolute atomic E-state index is 12.2. The Balaban J connectivity index is 1.79. The summed E-state index contributed by atoms with van der Waals surface area (Å²) in [6, 6.07) is 5.22. The van der Waals surface area contributed by atoms with E-state index in [-0.39, 0.29) is 5.91 Å². The molecular weight excluding hydrogens is 298 g/mol. The second kappa shape index (κ2) is 8.93. The minimum Gasteiger partial charge on any atom is -0.497 e. The molecular formula is C17H25NO3S. The molecule has 0 unspecified atom stereocenters. The Morgan fingerprint density at radius 1 is 1.14 bits per heavy atom. The third-order valence-corrected chi connectivity index (χ3v) is 5.29. The fraction of sp³-hybridized carbons (Fsp3) is 0.588. The lowest BCUT2D eigenvalue weighted by Crippen LogP contribution is -2.26. The summed E-state index contributed by atoms with van der Waals surface area (Å²) in [5.74, 6) is 2.14. The highest BCUT2D eigenvalue weighted by atomic mass is 32.2. The molecule has 0 heterocycles. The van der Waals surface area contributed by atoms with Crippen LogP contribution in [0.1, 0.15) is 42.5 Å². The number of thioether (sulfide) groups is 1. The summed E-state index contributed by atoms with van der Waals surface area (Å²) < 4.78 is 10.4. The van der Waals surface area contributed by atoms with Crippen LogP contribution in [0.3, 0.4) is 0 Å². The number of hydrogen-bond donors (Lipinski definition) is 1. The molecule has 0 radical (unpaired) electrons. The van der Waals surface area contributed by atoms with Gasteiger partial charge in [0.15, 0.2) is 0 Å². The van der Waals surface area contributed by atoms with Gasteiger partial charge in [-0.2, -0.15) is 11.8 Å². The van der Waals surface area contributed by atoms with E-state index < -0.39 is 0 Å². The van der Waals surface area contributed by atoms with Crippen LogP contribution in [0.25, 0.3) is 0 Å². The first-order chi connectivity index (χ1) is 10.7. The number of hydrogen-bond acceptors (Lipinski definition) is 4. The van der Waals surface area contributed by atoms with E-state index in [4.69, 9.17) is 9.47 Å². The summed E-state index contributed by atoms with van der Waals surface area (Å²) in [6.45, 7) is 0.694. The van der Waals surface area contributed by atoms with Gasteiger partial charge in [0.05, 0.1) is 14.2 Å². The monoisotopic (exact) mass is 323 g/mol. The quantitative estimate of drug-likeness (QED) is 0.780. The van der Waals surface area contributed by atoms with Crippen LogP contribution in [0.5, 0.6) is 11.5 Å². The highest BCUT2D eigenvalue weighted by Gasteiger charge is 2.14. The Kier molecular flexibility index (Phi) is 6.90. The molecule has 5 heteroatoms. The molecule has 1 saturated carbocycles. The third kappa shape index (κ3) is 5.13. The molecule has 0 spiro atoms. The van der Waals surface area contributed by atoms with Gasteiger partial charge in [0, 0.05) is 29.2 Å². The largest absolute Gasteiger partial charge is 0.497 e. The minimum absolute atomic E-state index is 0.0820. The zero-order valence-electron chi connectivity index (χ0n) is 13.4. The van der Waals surface area contributed by atoms with Crippen LogP contribution in [-0.2, 0) is 0 Å². The lowest BCUT2D eigenvalue weighted by atomic mass is 10.0. The van der Waals surface area contributed by atoms with Crippen LogP contribution >= 0.6 is 11.8 Å². The van der Waals surface area contributed by atoms with Gasteiger partial charge in [-0.3, -0.25) is 4.79 Å². The summed E-state index contributed by atoms with van der Waals surface area (Å²) in [4.78, 5) is 12.2. The molecule has 122 valence electrons. The van der Waals surface area contributed by atoms with E-state index >= 15 is 0 Å². The molecule has 1 aliphatic rings. The molecule has 1 N–H and O–H groups in total. The topological polar surface area (TPSA) is 47.6 Å². The molecule has 0 bridgehead atoms. The Bertz CT molecular complexity index is 465. The number of amides is 1. The van der Waals surface area contributed by atoms with Crippen molar-refractivity contribution in [2.75, 3.05) is 26.5 Å². The van der Waals surface area contributed by atoms with E-state index in [2.05, 4.69) is 5.32 Å². The Morgan fingerprint density at radius 3 is 2.36 bits per heavy atom. The van der Waals surface area contributed by atoms with Gasteiger partial charge in [0.2, 0.25) is 0 Å². The molecule has 22 heavy (non-hydrogen) atoms. The molecule has 0 aliphatic heterocycles. The Labute approximate surface area is 137 Å². The van der Waals surface area contributed by atoms with E-state index in [0.29, 0.717) is 23.6 Å². The highest BCUT2D eigenvalue weighted by molar-refractivity contribution is 7.99. The Morgan fingerprint density at radius 2 is 1.77 bits per heavy atom. The first-order valence-corrected chi connectivity index (χ1v) is 8.90. The first-order valence-electron chi connectivity index (χ1n) is 7.86. The molecule has 1 aromatic carbocycles. The number of carbonyl (C=O) groups excluding carboxylic acids is 1. The minimum atomic E-state index is -0.0820. The van der Waals surface area contributed by atoms with Crippen molar-refractivity contribution < 1.29 is 14.3 Å². The average Bonchev–Trinajstić information content (AvgIpc) is 2.58. The van der Waals surface area contributed by atoms with Crippen LogP contribution in [-0.4, -0.2) is 37.7 Å². The molecule has 1 aliphatic carbocycles. The molecule has 0 aromatic heterocycles. The molecule has 2 rings (SSSR count). The second-order valence-corrected chi connectivity index (χ2v) is 6.90. The van der Waals surface area contributed by atoms with Gasteiger partial charge in [-0.05, 0) is 25.0 Å². The number of methoxy groups -OCH3 is 2. The number of ether oxygens (including phenoxy) is 2. The van der Waals surface area contributed by atoms with Gasteiger partial charge >= 0.3 is 0 Å². The van der Waals surface area contributed by atoms with Crippen LogP contribution in [0, 0.1) is 0 Å². The smallest absolute Gasteiger partial charge is 0.251 e. The van der Waals surface area contributed by atoms with Crippen LogP contribution in [0.2, 0.25) is 0 Å². The zero-order chi connectivity index (χ0) is 15.8. The summed E-state index contributed by atoms with van der Waals surface area (Å²) >= 11 is 1.99. The van der Waals surface area contributed by atoms with Crippen LogP contribution in [0.4, 0.5) is 0 Å². The summed E-state index contributed by atoms with van der Waals surface area (Å²) in [7, 11) is 3.16. The van der Waals surface area contributed by atoms with Crippen molar-refractivity contribution in [3.05, 3.63) is 23.8 Å². The number of rotatable bonds is 7. The van der Waals surface area contributed by atoms with Crippen molar-refractivity contribution in [2.45, 2.75) is 37.4 Å². The standard InChI is InChI=1S/C17H25NO3S/c1-20-14-10-13(11-15(12-14)21-2)17(19)18-8-9-22-16-6-4-3-5-7-16/h10-12,16H,3-9H2,1-2H3,(H,18,19). The zero-order valence-corrected chi connectivity index (χ0v) is 14.2. The van der Waals surface area contributed by atoms with E-state index in [0.717, 1.165) is 11.0 Å². The van der Waals surface area contributed by atoms with Crippen molar-refractivity contribution in [2.24, 2.45) is 0 Å². The predicted molar refractivity (Wildman–Crippen MR) is 91.2 cm³/mol. The highest BCUT2D eigenvalue weighted by Crippen LogP contribution is 2.27. The van der Waals surface area contributed by atoms with E-state index in [9.17, 15) is 4.79 Å². The van der Waals surface area contributed by atoms with Gasteiger partial charge in [0.1, 0.15) is 11.5 Å². The van der Waals surface area contributed by atoms with Gasteiger partial charge in [-0.15, -0.1) is 0 Å². The van der Waals surface area contributed by atoms with Crippen molar-refractivity contribution in [1.29, 1.82) is 0 Å². The van der Waals surface area contributed by atoms with Crippen molar-refractivity contribution in [3.8, 4) is 11.5 Å². The second-order valence-electron chi connectivity index (χ2n) is 5.49. The van der Waals surface area contributed by atoms with E-state index in [1.807, 2.05) is 11.8 Å². The molecule has 4 nitrogen and oxygen atoms in total. The summed E-state index contributed by atoms with van der Waals surface area (Å²) in [5, 5.41) is 3.75. The average molecular weight is 323 g/mol. The Hall–Kier alpha value is -1.36. The molecule has 0 atom stereocenters. The summed E-state index contributed by atoms with van der Waals surface area (Å²) in [5.41, 5.74) is 0.568. The fourth-order valence-electron chi connectivity index (χ4n) is 2.66. The maximum Gasteiger partial charge on any atom is 0.251 e. The van der Waals surface area contributed by atoms with Gasteiger partial charge < -0.3 is 14.8 Å².